The quantitative estimate of drug-likeness (QED) is 0.550. The van der Waals surface area contributed by atoms with Gasteiger partial charge in [0.25, 0.3) is 5.91 Å². The fourth-order valence-electron chi connectivity index (χ4n) is 2.93. The van der Waals surface area contributed by atoms with Crippen molar-refractivity contribution in [2.75, 3.05) is 12.4 Å². The Hall–Kier alpha value is -3.66. The largest absolute Gasteiger partial charge is 0.497 e. The number of ether oxygens (including phenoxy) is 1. The molecule has 0 saturated carbocycles. The van der Waals surface area contributed by atoms with E-state index in [4.69, 9.17) is 9.72 Å². The number of aromatic nitrogens is 1. The maximum atomic E-state index is 12.5. The summed E-state index contributed by atoms with van der Waals surface area (Å²) in [6.45, 7) is 0. The van der Waals surface area contributed by atoms with Gasteiger partial charge >= 0.3 is 0 Å². The Labute approximate surface area is 157 Å². The average molecular weight is 354 g/mol. The highest BCUT2D eigenvalue weighted by atomic mass is 16.5. The third kappa shape index (κ3) is 3.65. The van der Waals surface area contributed by atoms with Crippen molar-refractivity contribution in [3.8, 4) is 17.0 Å². The molecule has 27 heavy (non-hydrogen) atoms. The topological polar surface area (TPSA) is 51.2 Å². The first-order valence-electron chi connectivity index (χ1n) is 8.64. The molecule has 0 aliphatic rings. The molecule has 1 heterocycles. The molecule has 0 saturated heterocycles. The van der Waals surface area contributed by atoms with Crippen LogP contribution < -0.4 is 10.1 Å². The molecule has 0 spiro atoms. The number of carbonyl (C=O) groups is 1. The Morgan fingerprint density at radius 1 is 0.889 bits per heavy atom. The molecule has 0 atom stereocenters. The molecule has 4 rings (SSSR count). The Kier molecular flexibility index (Phi) is 4.54. The van der Waals surface area contributed by atoms with Crippen LogP contribution in [-0.4, -0.2) is 18.0 Å². The summed E-state index contributed by atoms with van der Waals surface area (Å²) in [5.74, 6) is 0.553. The van der Waals surface area contributed by atoms with Gasteiger partial charge in [-0.25, -0.2) is 4.98 Å². The van der Waals surface area contributed by atoms with Crippen molar-refractivity contribution >= 4 is 22.5 Å². The number of carbonyl (C=O) groups excluding carboxylic acids is 1. The van der Waals surface area contributed by atoms with Crippen LogP contribution in [0, 0.1) is 0 Å². The zero-order valence-corrected chi connectivity index (χ0v) is 14.8. The molecule has 4 nitrogen and oxygen atoms in total. The summed E-state index contributed by atoms with van der Waals surface area (Å²) >= 11 is 0. The van der Waals surface area contributed by atoms with Crippen molar-refractivity contribution in [3.05, 3.63) is 90.5 Å². The number of pyridine rings is 1. The predicted molar refractivity (Wildman–Crippen MR) is 108 cm³/mol. The summed E-state index contributed by atoms with van der Waals surface area (Å²) in [6.07, 6.45) is 0. The summed E-state index contributed by atoms with van der Waals surface area (Å²) in [5.41, 5.74) is 4.07. The van der Waals surface area contributed by atoms with E-state index in [9.17, 15) is 4.79 Å². The van der Waals surface area contributed by atoms with Crippen LogP contribution in [0.5, 0.6) is 5.75 Å². The van der Waals surface area contributed by atoms with E-state index in [0.29, 0.717) is 5.56 Å². The molecule has 132 valence electrons. The van der Waals surface area contributed by atoms with E-state index in [2.05, 4.69) is 11.4 Å². The van der Waals surface area contributed by atoms with Crippen molar-refractivity contribution in [1.29, 1.82) is 0 Å². The van der Waals surface area contributed by atoms with Crippen LogP contribution in [0.3, 0.4) is 0 Å². The summed E-state index contributed by atoms with van der Waals surface area (Å²) in [5, 5.41) is 4.04. The highest BCUT2D eigenvalue weighted by Crippen LogP contribution is 2.24. The van der Waals surface area contributed by atoms with E-state index in [-0.39, 0.29) is 5.91 Å². The predicted octanol–water partition coefficient (Wildman–Crippen LogP) is 5.16. The summed E-state index contributed by atoms with van der Waals surface area (Å²) in [4.78, 5) is 17.2. The Morgan fingerprint density at radius 3 is 2.52 bits per heavy atom. The number of anilines is 1. The maximum Gasteiger partial charge on any atom is 0.255 e. The number of nitrogens with zero attached hydrogens (tertiary/aromatic N) is 1. The second kappa shape index (κ2) is 7.30. The first-order chi connectivity index (χ1) is 13.2. The maximum absolute atomic E-state index is 12.5. The molecule has 1 aromatic heterocycles. The minimum Gasteiger partial charge on any atom is -0.497 e. The van der Waals surface area contributed by atoms with Crippen LogP contribution in [0.2, 0.25) is 0 Å². The first kappa shape index (κ1) is 16.8. The van der Waals surface area contributed by atoms with Gasteiger partial charge in [0.2, 0.25) is 0 Å². The molecule has 0 radical (unpaired) electrons. The number of rotatable bonds is 4. The minimum atomic E-state index is -0.165. The van der Waals surface area contributed by atoms with Gasteiger partial charge in [0.15, 0.2) is 0 Å². The Balaban J connectivity index is 1.58. The lowest BCUT2D eigenvalue weighted by Gasteiger charge is -2.09. The van der Waals surface area contributed by atoms with Crippen LogP contribution in [0.1, 0.15) is 10.4 Å². The number of hydrogen-bond acceptors (Lipinski definition) is 3. The first-order valence-corrected chi connectivity index (χ1v) is 8.64. The van der Waals surface area contributed by atoms with E-state index in [1.54, 1.807) is 31.4 Å². The van der Waals surface area contributed by atoms with Gasteiger partial charge in [-0.3, -0.25) is 4.79 Å². The second-order valence-corrected chi connectivity index (χ2v) is 6.15. The Morgan fingerprint density at radius 2 is 1.70 bits per heavy atom. The molecule has 0 aliphatic heterocycles. The SMILES string of the molecule is COc1ccc(C(=O)Nc2cccc(-c3ccc4ccccc4n3)c2)cc1. The second-order valence-electron chi connectivity index (χ2n) is 6.15. The Bertz CT molecular complexity index is 1100. The van der Waals surface area contributed by atoms with Crippen LogP contribution in [-0.2, 0) is 0 Å². The molecule has 4 aromatic rings. The number of para-hydroxylation sites is 1. The van der Waals surface area contributed by atoms with Gasteiger partial charge in [-0.05, 0) is 48.5 Å². The highest BCUT2D eigenvalue weighted by Gasteiger charge is 2.08. The van der Waals surface area contributed by atoms with Crippen LogP contribution >= 0.6 is 0 Å². The summed E-state index contributed by atoms with van der Waals surface area (Å²) in [7, 11) is 1.60. The lowest BCUT2D eigenvalue weighted by Crippen LogP contribution is -2.11. The molecular formula is C23H18N2O2. The summed E-state index contributed by atoms with van der Waals surface area (Å²) < 4.78 is 5.12. The zero-order chi connectivity index (χ0) is 18.6. The van der Waals surface area contributed by atoms with Gasteiger partial charge in [-0.1, -0.05) is 36.4 Å². The third-order valence-corrected chi connectivity index (χ3v) is 4.37. The molecule has 0 aliphatic carbocycles. The number of amides is 1. The van der Waals surface area contributed by atoms with Crippen molar-refractivity contribution in [2.45, 2.75) is 0 Å². The van der Waals surface area contributed by atoms with Gasteiger partial charge in [-0.15, -0.1) is 0 Å². The van der Waals surface area contributed by atoms with E-state index in [1.165, 1.54) is 0 Å². The van der Waals surface area contributed by atoms with Gasteiger partial charge in [-0.2, -0.15) is 0 Å². The number of nitrogens with one attached hydrogen (secondary N) is 1. The fourth-order valence-corrected chi connectivity index (χ4v) is 2.93. The summed E-state index contributed by atoms with van der Waals surface area (Å²) in [6, 6.07) is 26.8. The van der Waals surface area contributed by atoms with Gasteiger partial charge in [0, 0.05) is 22.2 Å². The monoisotopic (exact) mass is 354 g/mol. The van der Waals surface area contributed by atoms with Crippen molar-refractivity contribution in [3.63, 3.8) is 0 Å². The zero-order valence-electron chi connectivity index (χ0n) is 14.8. The fraction of sp³-hybridized carbons (Fsp3) is 0.0435. The number of methoxy groups -OCH3 is 1. The normalized spacial score (nSPS) is 10.6. The van der Waals surface area contributed by atoms with Crippen molar-refractivity contribution < 1.29 is 9.53 Å². The molecule has 4 heteroatoms. The molecular weight excluding hydrogens is 336 g/mol. The lowest BCUT2D eigenvalue weighted by atomic mass is 10.1. The van der Waals surface area contributed by atoms with Crippen LogP contribution in [0.25, 0.3) is 22.2 Å². The highest BCUT2D eigenvalue weighted by molar-refractivity contribution is 6.04. The molecule has 0 bridgehead atoms. The molecule has 0 fully saturated rings. The van der Waals surface area contributed by atoms with Crippen molar-refractivity contribution in [1.82, 2.24) is 4.98 Å². The van der Waals surface area contributed by atoms with E-state index in [1.807, 2.05) is 54.6 Å². The van der Waals surface area contributed by atoms with Gasteiger partial charge in [0.05, 0.1) is 18.3 Å². The standard InChI is InChI=1S/C23H18N2O2/c1-27-20-12-9-17(10-13-20)23(26)24-19-7-4-6-18(15-19)22-14-11-16-5-2-3-8-21(16)25-22/h2-15H,1H3,(H,24,26). The van der Waals surface area contributed by atoms with Crippen LogP contribution in [0.15, 0.2) is 84.9 Å². The average Bonchev–Trinajstić information content (AvgIpc) is 2.73. The lowest BCUT2D eigenvalue weighted by molar-refractivity contribution is 0.102. The number of fused-ring (bicyclic) bond motifs is 1. The van der Waals surface area contributed by atoms with E-state index < -0.39 is 0 Å². The van der Waals surface area contributed by atoms with Crippen molar-refractivity contribution in [2.24, 2.45) is 0 Å². The molecule has 1 N–H and O–H groups in total. The van der Waals surface area contributed by atoms with E-state index >= 15 is 0 Å². The third-order valence-electron chi connectivity index (χ3n) is 4.37. The van der Waals surface area contributed by atoms with Gasteiger partial charge in [0.1, 0.15) is 5.75 Å². The van der Waals surface area contributed by atoms with Gasteiger partial charge < -0.3 is 10.1 Å². The number of benzene rings is 3. The van der Waals surface area contributed by atoms with Crippen LogP contribution in [0.4, 0.5) is 5.69 Å². The van der Waals surface area contributed by atoms with E-state index in [0.717, 1.165) is 33.6 Å². The smallest absolute Gasteiger partial charge is 0.255 e. The minimum absolute atomic E-state index is 0.165. The molecule has 0 unspecified atom stereocenters. The number of hydrogen-bond donors (Lipinski definition) is 1. The molecule has 3 aromatic carbocycles. The molecule has 1 amide bonds.